The van der Waals surface area contributed by atoms with Gasteiger partial charge >= 0.3 is 5.69 Å². The van der Waals surface area contributed by atoms with Gasteiger partial charge in [0, 0.05) is 11.8 Å². The maximum absolute atomic E-state index is 10.9. The van der Waals surface area contributed by atoms with Crippen LogP contribution in [0.4, 0.5) is 5.69 Å². The van der Waals surface area contributed by atoms with Gasteiger partial charge in [0.15, 0.2) is 5.75 Å². The number of hydrogen-bond donors (Lipinski definition) is 1. The number of nitro groups is 1. The second-order valence-electron chi connectivity index (χ2n) is 5.30. The molecule has 0 amide bonds. The average molecular weight is 303 g/mol. The lowest BCUT2D eigenvalue weighted by Crippen LogP contribution is -2.01. The van der Waals surface area contributed by atoms with Gasteiger partial charge < -0.3 is 4.74 Å². The Morgan fingerprint density at radius 2 is 2.00 bits per heavy atom. The van der Waals surface area contributed by atoms with Gasteiger partial charge in [-0.1, -0.05) is 12.1 Å². The minimum Gasteiger partial charge on any atom is -0.487 e. The van der Waals surface area contributed by atoms with E-state index in [1.54, 1.807) is 18.2 Å². The summed E-state index contributed by atoms with van der Waals surface area (Å²) in [7, 11) is 0. The molecule has 1 aromatic heterocycles. The number of aryl methyl sites for hydroxylation is 2. The highest BCUT2D eigenvalue weighted by molar-refractivity contribution is 5.45. The first kappa shape index (κ1) is 16.0. The third-order valence-corrected chi connectivity index (χ3v) is 3.67. The summed E-state index contributed by atoms with van der Waals surface area (Å²) in [5.74, 6) is 0.342. The van der Waals surface area contributed by atoms with Gasteiger partial charge in [0.05, 0.1) is 17.2 Å². The fourth-order valence-electron chi connectivity index (χ4n) is 2.44. The van der Waals surface area contributed by atoms with Crippen molar-refractivity contribution in [2.75, 3.05) is 6.61 Å². The van der Waals surface area contributed by atoms with E-state index in [1.165, 1.54) is 11.6 Å². The number of unbranched alkanes of at least 4 members (excludes halogenated alkanes) is 2. The van der Waals surface area contributed by atoms with E-state index in [-0.39, 0.29) is 5.69 Å². The molecule has 0 unspecified atom stereocenters. The Balaban J connectivity index is 1.71. The van der Waals surface area contributed by atoms with Crippen molar-refractivity contribution in [3.8, 4) is 5.75 Å². The van der Waals surface area contributed by atoms with Crippen molar-refractivity contribution in [3.05, 3.63) is 51.3 Å². The Morgan fingerprint density at radius 1 is 1.23 bits per heavy atom. The lowest BCUT2D eigenvalue weighted by molar-refractivity contribution is -0.385. The summed E-state index contributed by atoms with van der Waals surface area (Å²) in [6, 6.07) is 6.48. The molecule has 0 bridgehead atoms. The Morgan fingerprint density at radius 3 is 2.68 bits per heavy atom. The fraction of sp³-hybridized carbons (Fsp3) is 0.438. The number of aromatic nitrogens is 2. The number of nitro benzene ring substituents is 1. The van der Waals surface area contributed by atoms with Crippen LogP contribution in [0.15, 0.2) is 24.3 Å². The zero-order valence-electron chi connectivity index (χ0n) is 13.0. The van der Waals surface area contributed by atoms with E-state index < -0.39 is 4.92 Å². The van der Waals surface area contributed by atoms with Crippen LogP contribution in [0.2, 0.25) is 0 Å². The molecule has 0 spiro atoms. The summed E-state index contributed by atoms with van der Waals surface area (Å²) < 4.78 is 5.52. The quantitative estimate of drug-likeness (QED) is 0.458. The Hall–Kier alpha value is -2.37. The smallest absolute Gasteiger partial charge is 0.310 e. The van der Waals surface area contributed by atoms with E-state index in [0.29, 0.717) is 12.4 Å². The van der Waals surface area contributed by atoms with Gasteiger partial charge in [0.1, 0.15) is 0 Å². The van der Waals surface area contributed by atoms with Crippen LogP contribution in [0.3, 0.4) is 0 Å². The highest BCUT2D eigenvalue weighted by atomic mass is 16.6. The second-order valence-corrected chi connectivity index (χ2v) is 5.30. The molecule has 0 radical (unpaired) electrons. The summed E-state index contributed by atoms with van der Waals surface area (Å²) >= 11 is 0. The molecule has 6 heteroatoms. The molecule has 118 valence electrons. The number of benzene rings is 1. The maximum Gasteiger partial charge on any atom is 0.310 e. The van der Waals surface area contributed by atoms with Crippen molar-refractivity contribution in [2.24, 2.45) is 0 Å². The monoisotopic (exact) mass is 303 g/mol. The van der Waals surface area contributed by atoms with E-state index in [9.17, 15) is 10.1 Å². The molecule has 1 aromatic carbocycles. The second kappa shape index (κ2) is 7.59. The fourth-order valence-corrected chi connectivity index (χ4v) is 2.44. The zero-order chi connectivity index (χ0) is 15.9. The first-order valence-corrected chi connectivity index (χ1v) is 7.46. The highest BCUT2D eigenvalue weighted by Gasteiger charge is 2.13. The van der Waals surface area contributed by atoms with Crippen LogP contribution in [0.1, 0.15) is 36.2 Å². The maximum atomic E-state index is 10.9. The lowest BCUT2D eigenvalue weighted by atomic mass is 10.1. The van der Waals surface area contributed by atoms with Gasteiger partial charge in [-0.3, -0.25) is 15.2 Å². The van der Waals surface area contributed by atoms with E-state index in [4.69, 9.17) is 4.74 Å². The third kappa shape index (κ3) is 4.07. The molecule has 1 N–H and O–H groups in total. The van der Waals surface area contributed by atoms with Crippen LogP contribution in [0.25, 0.3) is 0 Å². The van der Waals surface area contributed by atoms with Crippen molar-refractivity contribution >= 4 is 5.69 Å². The standard InChI is InChI=1S/C16H21N3O3/c1-12-14(13(2)18-17-12)8-4-3-7-11-22-16-10-6-5-9-15(16)19(20)21/h5-6,9-10H,3-4,7-8,11H2,1-2H3,(H,17,18). The van der Waals surface area contributed by atoms with Crippen LogP contribution in [0.5, 0.6) is 5.75 Å². The summed E-state index contributed by atoms with van der Waals surface area (Å²) in [6.07, 6.45) is 3.95. The molecule has 0 aliphatic carbocycles. The number of nitrogens with one attached hydrogen (secondary N) is 1. The van der Waals surface area contributed by atoms with Gasteiger partial charge in [0.25, 0.3) is 0 Å². The van der Waals surface area contributed by atoms with Gasteiger partial charge in [-0.2, -0.15) is 5.10 Å². The molecular weight excluding hydrogens is 282 g/mol. The van der Waals surface area contributed by atoms with Gasteiger partial charge in [-0.25, -0.2) is 0 Å². The van der Waals surface area contributed by atoms with E-state index in [2.05, 4.69) is 10.2 Å². The normalized spacial score (nSPS) is 10.6. The largest absolute Gasteiger partial charge is 0.487 e. The number of para-hydroxylation sites is 2. The molecule has 22 heavy (non-hydrogen) atoms. The highest BCUT2D eigenvalue weighted by Crippen LogP contribution is 2.26. The summed E-state index contributed by atoms with van der Waals surface area (Å²) in [6.45, 7) is 4.54. The van der Waals surface area contributed by atoms with Crippen LogP contribution < -0.4 is 4.74 Å². The minimum absolute atomic E-state index is 0.0205. The molecular formula is C16H21N3O3. The molecule has 2 aromatic rings. The van der Waals surface area contributed by atoms with Crippen molar-refractivity contribution in [1.29, 1.82) is 0 Å². The van der Waals surface area contributed by atoms with Crippen LogP contribution in [-0.4, -0.2) is 21.7 Å². The predicted octanol–water partition coefficient (Wildman–Crippen LogP) is 3.73. The first-order valence-electron chi connectivity index (χ1n) is 7.46. The first-order chi connectivity index (χ1) is 10.6. The molecule has 1 heterocycles. The van der Waals surface area contributed by atoms with Gasteiger partial charge in [-0.05, 0) is 51.2 Å². The number of hydrogen-bond acceptors (Lipinski definition) is 4. The molecule has 0 saturated heterocycles. The Kier molecular flexibility index (Phi) is 5.52. The van der Waals surface area contributed by atoms with Crippen LogP contribution in [-0.2, 0) is 6.42 Å². The topological polar surface area (TPSA) is 81.0 Å². The third-order valence-electron chi connectivity index (χ3n) is 3.67. The van der Waals surface area contributed by atoms with Gasteiger partial charge in [-0.15, -0.1) is 0 Å². The van der Waals surface area contributed by atoms with E-state index in [1.807, 2.05) is 13.8 Å². The number of rotatable bonds is 8. The summed E-state index contributed by atoms with van der Waals surface area (Å²) in [5, 5.41) is 18.0. The van der Waals surface area contributed by atoms with Crippen molar-refractivity contribution in [1.82, 2.24) is 10.2 Å². The molecule has 0 fully saturated rings. The number of ether oxygens (including phenoxy) is 1. The lowest BCUT2D eigenvalue weighted by Gasteiger charge is -2.06. The number of H-pyrrole nitrogens is 1. The number of nitrogens with zero attached hydrogens (tertiary/aromatic N) is 2. The van der Waals surface area contributed by atoms with Crippen molar-refractivity contribution in [2.45, 2.75) is 39.5 Å². The Labute approximate surface area is 129 Å². The minimum atomic E-state index is -0.417. The van der Waals surface area contributed by atoms with E-state index in [0.717, 1.165) is 37.1 Å². The SMILES string of the molecule is Cc1n[nH]c(C)c1CCCCCOc1ccccc1[N+](=O)[O-]. The molecule has 0 atom stereocenters. The Bertz CT molecular complexity index is 618. The zero-order valence-corrected chi connectivity index (χ0v) is 13.0. The van der Waals surface area contributed by atoms with Crippen LogP contribution in [0, 0.1) is 24.0 Å². The average Bonchev–Trinajstić information content (AvgIpc) is 2.82. The predicted molar refractivity (Wildman–Crippen MR) is 84.2 cm³/mol. The van der Waals surface area contributed by atoms with Crippen molar-refractivity contribution in [3.63, 3.8) is 0 Å². The summed E-state index contributed by atoms with van der Waals surface area (Å²) in [4.78, 5) is 10.5. The summed E-state index contributed by atoms with van der Waals surface area (Å²) in [5.41, 5.74) is 3.51. The number of aromatic amines is 1. The van der Waals surface area contributed by atoms with E-state index >= 15 is 0 Å². The molecule has 0 aliphatic heterocycles. The molecule has 0 aliphatic rings. The van der Waals surface area contributed by atoms with Crippen molar-refractivity contribution < 1.29 is 9.66 Å². The molecule has 0 saturated carbocycles. The van der Waals surface area contributed by atoms with Gasteiger partial charge in [0.2, 0.25) is 0 Å². The molecule has 2 rings (SSSR count). The van der Waals surface area contributed by atoms with Crippen LogP contribution >= 0.6 is 0 Å². The molecule has 6 nitrogen and oxygen atoms in total.